The van der Waals surface area contributed by atoms with Crippen molar-refractivity contribution in [2.75, 3.05) is 56.8 Å². The Morgan fingerprint density at radius 2 is 1.78 bits per heavy atom. The largest absolute Gasteiger partial charge is 0.487 e. The van der Waals surface area contributed by atoms with Crippen molar-refractivity contribution in [3.05, 3.63) is 93.8 Å². The van der Waals surface area contributed by atoms with E-state index in [4.69, 9.17) is 41.3 Å². The molecule has 1 aliphatic carbocycles. The highest BCUT2D eigenvalue weighted by Gasteiger charge is 2.43. The Bertz CT molecular complexity index is 2320. The minimum absolute atomic E-state index is 0.0102. The topological polar surface area (TPSA) is 225 Å². The Kier molecular flexibility index (Phi) is 16.4. The number of anilines is 3. The number of amides is 5. The highest BCUT2D eigenvalue weighted by atomic mass is 35.5. The van der Waals surface area contributed by atoms with Crippen LogP contribution >= 0.6 is 22.9 Å². The number of carbonyl (C=O) groups is 5. The number of nitrogens with zero attached hydrogens (tertiary/aromatic N) is 3. The number of pyridine rings is 1. The number of halogens is 2. The number of carbonyl (C=O) groups excluding carboxylic acids is 5. The van der Waals surface area contributed by atoms with Crippen molar-refractivity contribution in [1.82, 2.24) is 25.5 Å². The van der Waals surface area contributed by atoms with Crippen LogP contribution < -0.4 is 31.7 Å². The van der Waals surface area contributed by atoms with Gasteiger partial charge in [0.25, 0.3) is 5.91 Å². The van der Waals surface area contributed by atoms with E-state index in [1.165, 1.54) is 22.3 Å². The molecule has 2 fully saturated rings. The van der Waals surface area contributed by atoms with E-state index in [1.54, 1.807) is 36.5 Å². The number of nitrogens with one attached hydrogen (secondary N) is 4. The summed E-state index contributed by atoms with van der Waals surface area (Å²) in [6.07, 6.45) is 4.39. The average molecular weight is 935 g/mol. The first kappa shape index (κ1) is 47.4. The molecule has 346 valence electrons. The summed E-state index contributed by atoms with van der Waals surface area (Å²) in [7, 11) is 0. The molecule has 2 atom stereocenters. The summed E-state index contributed by atoms with van der Waals surface area (Å²) in [6.45, 7) is 1.82. The number of imide groups is 1. The fourth-order valence-corrected chi connectivity index (χ4v) is 8.79. The fourth-order valence-electron chi connectivity index (χ4n) is 8.09. The summed E-state index contributed by atoms with van der Waals surface area (Å²) in [4.78, 5) is 73.8. The lowest BCUT2D eigenvalue weighted by atomic mass is 9.69. The van der Waals surface area contributed by atoms with Crippen LogP contribution in [0, 0.1) is 11.2 Å². The number of ether oxygens (including phenoxy) is 4. The standard InChI is InChI=1S/C45H52ClFN8O9S/c46-34-4-2-5-36(40(34)47)64-32-11-14-45(15-12-32,24-31-3-1-6-37(51-31)53-44-50-17-22-65-44)43(60)49-16-19-61-20-21-63-27-29(48)26-62-18-13-39(57)52-30-7-8-33-28(23-30)25-55(42(33)59)35-9-10-38(56)54-41(35)58/h1-8,17,22-23,29,32,35H,9-16,18-21,24-27,48H2,(H,49,60)(H,52,57)(H,50,51,53)(H,54,56,58). The van der Waals surface area contributed by atoms with Gasteiger partial charge in [-0.05, 0) is 80.1 Å². The molecular formula is C45H52ClFN8O9S. The summed E-state index contributed by atoms with van der Waals surface area (Å²) in [6, 6.07) is 14.1. The van der Waals surface area contributed by atoms with Crippen molar-refractivity contribution in [2.45, 2.75) is 76.1 Å². The molecule has 6 N–H and O–H groups in total. The van der Waals surface area contributed by atoms with Crippen molar-refractivity contribution in [3.8, 4) is 5.75 Å². The Hall–Kier alpha value is -5.57. The van der Waals surface area contributed by atoms with Gasteiger partial charge in [0.1, 0.15) is 11.9 Å². The maximum absolute atomic E-state index is 14.6. The predicted molar refractivity (Wildman–Crippen MR) is 239 cm³/mol. The zero-order chi connectivity index (χ0) is 45.8. The molecule has 3 aliphatic rings. The number of rotatable bonds is 22. The predicted octanol–water partition coefficient (Wildman–Crippen LogP) is 4.91. The van der Waals surface area contributed by atoms with Crippen LogP contribution in [0.3, 0.4) is 0 Å². The van der Waals surface area contributed by atoms with Crippen molar-refractivity contribution >= 4 is 69.1 Å². The Morgan fingerprint density at radius 1 is 1.00 bits per heavy atom. The number of aromatic nitrogens is 2. The van der Waals surface area contributed by atoms with Crippen LogP contribution in [0.15, 0.2) is 66.2 Å². The third kappa shape index (κ3) is 12.8. The van der Waals surface area contributed by atoms with Crippen molar-refractivity contribution in [3.63, 3.8) is 0 Å². The molecule has 2 aromatic heterocycles. The van der Waals surface area contributed by atoms with Gasteiger partial charge in [-0.15, -0.1) is 11.3 Å². The number of hydrogen-bond donors (Lipinski definition) is 5. The molecule has 0 radical (unpaired) electrons. The second kappa shape index (κ2) is 22.6. The van der Waals surface area contributed by atoms with Crippen LogP contribution in [-0.2, 0) is 46.4 Å². The molecule has 7 rings (SSSR count). The zero-order valence-electron chi connectivity index (χ0n) is 35.7. The molecule has 1 saturated heterocycles. The molecule has 17 nitrogen and oxygen atoms in total. The molecule has 5 amide bonds. The van der Waals surface area contributed by atoms with Crippen LogP contribution in [0.1, 0.15) is 66.6 Å². The van der Waals surface area contributed by atoms with Gasteiger partial charge in [-0.1, -0.05) is 23.7 Å². The quantitative estimate of drug-likeness (QED) is 0.0523. The smallest absolute Gasteiger partial charge is 0.255 e. The van der Waals surface area contributed by atoms with E-state index in [0.717, 1.165) is 5.69 Å². The van der Waals surface area contributed by atoms with Gasteiger partial charge in [-0.25, -0.2) is 14.4 Å². The first-order chi connectivity index (χ1) is 31.5. The van der Waals surface area contributed by atoms with Crippen molar-refractivity contribution < 1.29 is 47.3 Å². The molecule has 2 aromatic carbocycles. The number of benzene rings is 2. The van der Waals surface area contributed by atoms with E-state index in [9.17, 15) is 28.4 Å². The Labute approximate surface area is 384 Å². The number of thiazole rings is 1. The van der Waals surface area contributed by atoms with Crippen LogP contribution in [-0.4, -0.2) is 109 Å². The molecular weight excluding hydrogens is 883 g/mol. The van der Waals surface area contributed by atoms with Gasteiger partial charge in [-0.2, -0.15) is 0 Å². The lowest BCUT2D eigenvalue weighted by molar-refractivity contribution is -0.137. The van der Waals surface area contributed by atoms with Crippen LogP contribution in [0.2, 0.25) is 5.02 Å². The van der Waals surface area contributed by atoms with Gasteiger partial charge in [0.05, 0.1) is 68.6 Å². The van der Waals surface area contributed by atoms with E-state index in [0.29, 0.717) is 59.9 Å². The Morgan fingerprint density at radius 3 is 2.57 bits per heavy atom. The highest BCUT2D eigenvalue weighted by Crippen LogP contribution is 2.41. The SMILES string of the molecule is NC(COCCOCCNC(=O)C1(Cc2cccc(Nc3nccs3)n2)CCC(Oc2cccc(Cl)c2F)CC1)COCCC(=O)Nc1ccc2c(c1)CN(C1CCC(=O)NC1=O)C2=O. The van der Waals surface area contributed by atoms with E-state index in [-0.39, 0.29) is 112 Å². The van der Waals surface area contributed by atoms with Crippen LogP contribution in [0.25, 0.3) is 0 Å². The zero-order valence-corrected chi connectivity index (χ0v) is 37.2. The van der Waals surface area contributed by atoms with Crippen LogP contribution in [0.5, 0.6) is 5.75 Å². The molecule has 20 heteroatoms. The van der Waals surface area contributed by atoms with Crippen molar-refractivity contribution in [2.24, 2.45) is 11.1 Å². The second-order valence-corrected chi connectivity index (χ2v) is 17.5. The lowest BCUT2D eigenvalue weighted by Crippen LogP contribution is -2.52. The summed E-state index contributed by atoms with van der Waals surface area (Å²) < 4.78 is 37.6. The number of hydrogen-bond acceptors (Lipinski definition) is 14. The molecule has 0 bridgehead atoms. The second-order valence-electron chi connectivity index (χ2n) is 16.2. The van der Waals surface area contributed by atoms with E-state index in [1.807, 2.05) is 23.6 Å². The molecule has 0 spiro atoms. The molecule has 2 unspecified atom stereocenters. The third-order valence-corrected chi connectivity index (χ3v) is 12.4. The summed E-state index contributed by atoms with van der Waals surface area (Å²) in [5, 5.41) is 13.9. The average Bonchev–Trinajstić information content (AvgIpc) is 3.92. The molecule has 1 saturated carbocycles. The normalized spacial score (nSPS) is 19.9. The first-order valence-electron chi connectivity index (χ1n) is 21.5. The van der Waals surface area contributed by atoms with Gasteiger partial charge < -0.3 is 45.5 Å². The molecule has 65 heavy (non-hydrogen) atoms. The summed E-state index contributed by atoms with van der Waals surface area (Å²) in [5.41, 5.74) is 7.77. The third-order valence-electron chi connectivity index (χ3n) is 11.4. The number of fused-ring (bicyclic) bond motifs is 1. The maximum atomic E-state index is 14.6. The summed E-state index contributed by atoms with van der Waals surface area (Å²) in [5.74, 6) is -1.39. The molecule has 4 heterocycles. The lowest BCUT2D eigenvalue weighted by Gasteiger charge is -2.39. The van der Waals surface area contributed by atoms with Gasteiger partial charge >= 0.3 is 0 Å². The van der Waals surface area contributed by atoms with E-state index < -0.39 is 29.2 Å². The molecule has 2 aliphatic heterocycles. The van der Waals surface area contributed by atoms with Crippen molar-refractivity contribution in [1.29, 1.82) is 0 Å². The molecule has 4 aromatic rings. The Balaban J connectivity index is 0.776. The monoisotopic (exact) mass is 934 g/mol. The van der Waals surface area contributed by atoms with Gasteiger partial charge in [0.2, 0.25) is 23.6 Å². The first-order valence-corrected chi connectivity index (χ1v) is 22.8. The van der Waals surface area contributed by atoms with Gasteiger partial charge in [-0.3, -0.25) is 29.3 Å². The fraction of sp³-hybridized carbons (Fsp3) is 0.444. The van der Waals surface area contributed by atoms with E-state index in [2.05, 4.69) is 26.3 Å². The minimum Gasteiger partial charge on any atom is -0.487 e. The van der Waals surface area contributed by atoms with Crippen LogP contribution in [0.4, 0.5) is 21.0 Å². The minimum atomic E-state index is -0.777. The van der Waals surface area contributed by atoms with Gasteiger partial charge in [0, 0.05) is 54.5 Å². The van der Waals surface area contributed by atoms with E-state index >= 15 is 0 Å². The van der Waals surface area contributed by atoms with Gasteiger partial charge in [0.15, 0.2) is 16.7 Å². The number of piperidine rings is 1. The highest BCUT2D eigenvalue weighted by molar-refractivity contribution is 7.13. The summed E-state index contributed by atoms with van der Waals surface area (Å²) >= 11 is 7.43. The number of nitrogens with two attached hydrogens (primary N) is 1. The maximum Gasteiger partial charge on any atom is 0.255 e.